The molecule has 0 unspecified atom stereocenters. The maximum Gasteiger partial charge on any atom is 0.255 e. The molecule has 0 radical (unpaired) electrons. The highest BCUT2D eigenvalue weighted by molar-refractivity contribution is 6.05. The number of carbonyl (C=O) groups is 1. The second-order valence-electron chi connectivity index (χ2n) is 5.34. The lowest BCUT2D eigenvalue weighted by molar-refractivity contribution is 0.102. The first-order valence-electron chi connectivity index (χ1n) is 7.47. The number of rotatable bonds is 6. The number of hydrogen-bond donors (Lipinski definition) is 2. The second-order valence-corrected chi connectivity index (χ2v) is 5.34. The van der Waals surface area contributed by atoms with Gasteiger partial charge in [0.05, 0.1) is 19.9 Å². The minimum atomic E-state index is -0.347. The van der Waals surface area contributed by atoms with Crippen LogP contribution in [0.25, 0.3) is 0 Å². The summed E-state index contributed by atoms with van der Waals surface area (Å²) >= 11 is 0. The lowest BCUT2D eigenvalue weighted by Gasteiger charge is -2.14. The van der Waals surface area contributed by atoms with Crippen LogP contribution in [0.3, 0.4) is 0 Å². The maximum absolute atomic E-state index is 12.5. The molecular formula is C19H21NO4. The molecule has 5 heteroatoms. The summed E-state index contributed by atoms with van der Waals surface area (Å²) in [6.07, 6.45) is 2.27. The Hall–Kier alpha value is -2.95. The predicted molar refractivity (Wildman–Crippen MR) is 94.2 cm³/mol. The first-order chi connectivity index (χ1) is 11.5. The van der Waals surface area contributed by atoms with E-state index in [4.69, 9.17) is 9.47 Å². The molecule has 2 N–H and O–H groups in total. The summed E-state index contributed by atoms with van der Waals surface area (Å²) in [5.41, 5.74) is 2.46. The molecule has 0 fully saturated rings. The molecule has 0 aliphatic heterocycles. The standard InChI is InChI=1S/C19H21NO4/c1-5-6-13-10-14(11-17(23-3)18(13)24-4)19(22)20-15-8-7-12(2)9-16(15)21/h5,7-11,21H,1,6H2,2-4H3,(H,20,22). The number of nitrogens with one attached hydrogen (secondary N) is 1. The van der Waals surface area contributed by atoms with E-state index in [-0.39, 0.29) is 11.7 Å². The van der Waals surface area contributed by atoms with Crippen LogP contribution in [0, 0.1) is 6.92 Å². The summed E-state index contributed by atoms with van der Waals surface area (Å²) in [6.45, 7) is 5.58. The molecule has 0 aromatic heterocycles. The topological polar surface area (TPSA) is 67.8 Å². The number of methoxy groups -OCH3 is 2. The zero-order valence-electron chi connectivity index (χ0n) is 14.1. The van der Waals surface area contributed by atoms with Crippen LogP contribution in [0.15, 0.2) is 43.0 Å². The van der Waals surface area contributed by atoms with Crippen molar-refractivity contribution in [2.24, 2.45) is 0 Å². The number of anilines is 1. The van der Waals surface area contributed by atoms with E-state index in [2.05, 4.69) is 11.9 Å². The van der Waals surface area contributed by atoms with Crippen molar-refractivity contribution in [1.82, 2.24) is 0 Å². The molecule has 5 nitrogen and oxygen atoms in total. The van der Waals surface area contributed by atoms with Gasteiger partial charge in [-0.2, -0.15) is 0 Å². The van der Waals surface area contributed by atoms with E-state index >= 15 is 0 Å². The Labute approximate surface area is 141 Å². The summed E-state index contributed by atoms with van der Waals surface area (Å²) in [4.78, 5) is 12.5. The number of phenols is 1. The monoisotopic (exact) mass is 327 g/mol. The smallest absolute Gasteiger partial charge is 0.255 e. The molecule has 0 atom stereocenters. The maximum atomic E-state index is 12.5. The normalized spacial score (nSPS) is 10.1. The molecule has 1 amide bonds. The highest BCUT2D eigenvalue weighted by Gasteiger charge is 2.16. The summed E-state index contributed by atoms with van der Waals surface area (Å²) < 4.78 is 10.7. The Balaban J connectivity index is 2.38. The Kier molecular flexibility index (Phi) is 5.47. The van der Waals surface area contributed by atoms with Crippen LogP contribution in [0.2, 0.25) is 0 Å². The Morgan fingerprint density at radius 2 is 2.00 bits per heavy atom. The zero-order valence-corrected chi connectivity index (χ0v) is 14.1. The van der Waals surface area contributed by atoms with E-state index in [9.17, 15) is 9.90 Å². The SMILES string of the molecule is C=CCc1cc(C(=O)Nc2ccc(C)cc2O)cc(OC)c1OC. The summed E-state index contributed by atoms with van der Waals surface area (Å²) in [6, 6.07) is 8.39. The Morgan fingerprint density at radius 3 is 2.58 bits per heavy atom. The molecule has 0 bridgehead atoms. The van der Waals surface area contributed by atoms with Gasteiger partial charge >= 0.3 is 0 Å². The van der Waals surface area contributed by atoms with Crippen molar-refractivity contribution in [1.29, 1.82) is 0 Å². The van der Waals surface area contributed by atoms with E-state index in [0.717, 1.165) is 11.1 Å². The fraction of sp³-hybridized carbons (Fsp3) is 0.211. The zero-order chi connectivity index (χ0) is 17.7. The van der Waals surface area contributed by atoms with Crippen LogP contribution in [0.1, 0.15) is 21.5 Å². The van der Waals surface area contributed by atoms with Gasteiger partial charge in [0.25, 0.3) is 5.91 Å². The summed E-state index contributed by atoms with van der Waals surface area (Å²) in [5.74, 6) is 0.720. The number of benzene rings is 2. The fourth-order valence-electron chi connectivity index (χ4n) is 2.42. The molecule has 0 saturated carbocycles. The fourth-order valence-corrected chi connectivity index (χ4v) is 2.42. The quantitative estimate of drug-likeness (QED) is 0.627. The average Bonchev–Trinajstić information content (AvgIpc) is 2.56. The Bertz CT molecular complexity index is 768. The first-order valence-corrected chi connectivity index (χ1v) is 7.47. The summed E-state index contributed by atoms with van der Waals surface area (Å²) in [5, 5.41) is 12.6. The Morgan fingerprint density at radius 1 is 1.25 bits per heavy atom. The number of aryl methyl sites for hydroxylation is 1. The van der Waals surface area contributed by atoms with Crippen LogP contribution in [-0.4, -0.2) is 25.2 Å². The largest absolute Gasteiger partial charge is 0.506 e. The highest BCUT2D eigenvalue weighted by Crippen LogP contribution is 2.34. The van der Waals surface area contributed by atoms with Crippen molar-refractivity contribution in [2.45, 2.75) is 13.3 Å². The van der Waals surface area contributed by atoms with E-state index < -0.39 is 0 Å². The molecule has 0 aliphatic rings. The van der Waals surface area contributed by atoms with Gasteiger partial charge in [0, 0.05) is 11.1 Å². The lowest BCUT2D eigenvalue weighted by atomic mass is 10.0. The molecule has 0 aliphatic carbocycles. The van der Waals surface area contributed by atoms with Crippen LogP contribution in [0.5, 0.6) is 17.2 Å². The lowest BCUT2D eigenvalue weighted by Crippen LogP contribution is -2.13. The third-order valence-corrected chi connectivity index (χ3v) is 3.58. The van der Waals surface area contributed by atoms with Gasteiger partial charge in [-0.25, -0.2) is 0 Å². The van der Waals surface area contributed by atoms with Gasteiger partial charge in [-0.05, 0) is 43.2 Å². The van der Waals surface area contributed by atoms with E-state index in [1.807, 2.05) is 13.0 Å². The molecule has 2 rings (SSSR count). The molecule has 0 heterocycles. The van der Waals surface area contributed by atoms with Crippen molar-refractivity contribution in [3.05, 3.63) is 59.7 Å². The molecule has 2 aromatic carbocycles. The van der Waals surface area contributed by atoms with Gasteiger partial charge in [0.15, 0.2) is 11.5 Å². The van der Waals surface area contributed by atoms with Gasteiger partial charge in [0.2, 0.25) is 0 Å². The third-order valence-electron chi connectivity index (χ3n) is 3.58. The number of allylic oxidation sites excluding steroid dienone is 1. The number of hydrogen-bond acceptors (Lipinski definition) is 4. The van der Waals surface area contributed by atoms with Gasteiger partial charge < -0.3 is 19.9 Å². The average molecular weight is 327 g/mol. The molecule has 2 aromatic rings. The number of carbonyl (C=O) groups excluding carboxylic acids is 1. The van der Waals surface area contributed by atoms with E-state index in [0.29, 0.717) is 29.2 Å². The molecule has 24 heavy (non-hydrogen) atoms. The minimum Gasteiger partial charge on any atom is -0.506 e. The van der Waals surface area contributed by atoms with E-state index in [1.165, 1.54) is 7.11 Å². The van der Waals surface area contributed by atoms with E-state index in [1.54, 1.807) is 37.5 Å². The molecule has 0 saturated heterocycles. The van der Waals surface area contributed by atoms with Crippen LogP contribution >= 0.6 is 0 Å². The van der Waals surface area contributed by atoms with Gasteiger partial charge in [-0.3, -0.25) is 4.79 Å². The van der Waals surface area contributed by atoms with Crippen molar-refractivity contribution in [3.63, 3.8) is 0 Å². The number of phenolic OH excluding ortho intramolecular Hbond substituents is 1. The van der Waals surface area contributed by atoms with Crippen LogP contribution in [0.4, 0.5) is 5.69 Å². The van der Waals surface area contributed by atoms with Gasteiger partial charge in [0.1, 0.15) is 5.75 Å². The first kappa shape index (κ1) is 17.4. The molecule has 126 valence electrons. The van der Waals surface area contributed by atoms with Crippen molar-refractivity contribution < 1.29 is 19.4 Å². The molecule has 0 spiro atoms. The van der Waals surface area contributed by atoms with Gasteiger partial charge in [-0.15, -0.1) is 6.58 Å². The number of amides is 1. The third kappa shape index (κ3) is 3.68. The predicted octanol–water partition coefficient (Wildman–Crippen LogP) is 3.70. The minimum absolute atomic E-state index is 0.0233. The second kappa shape index (κ2) is 7.55. The van der Waals surface area contributed by atoms with Crippen LogP contribution in [-0.2, 0) is 6.42 Å². The van der Waals surface area contributed by atoms with Crippen molar-refractivity contribution in [3.8, 4) is 17.2 Å². The summed E-state index contributed by atoms with van der Waals surface area (Å²) in [7, 11) is 3.07. The van der Waals surface area contributed by atoms with Crippen LogP contribution < -0.4 is 14.8 Å². The van der Waals surface area contributed by atoms with Crippen molar-refractivity contribution >= 4 is 11.6 Å². The van der Waals surface area contributed by atoms with Crippen molar-refractivity contribution in [2.75, 3.05) is 19.5 Å². The number of aromatic hydroxyl groups is 1. The van der Waals surface area contributed by atoms with Gasteiger partial charge in [-0.1, -0.05) is 12.1 Å². The highest BCUT2D eigenvalue weighted by atomic mass is 16.5. The molecular weight excluding hydrogens is 306 g/mol. The number of ether oxygens (including phenoxy) is 2.